The Morgan fingerprint density at radius 3 is 2.46 bits per heavy atom. The van der Waals surface area contributed by atoms with Crippen molar-refractivity contribution in [2.45, 2.75) is 52.4 Å². The van der Waals surface area contributed by atoms with Crippen LogP contribution in [0.2, 0.25) is 0 Å². The molecular formula is C21H27N3O2. The maximum Gasteiger partial charge on any atom is 0.271 e. The van der Waals surface area contributed by atoms with Gasteiger partial charge < -0.3 is 4.57 Å². The van der Waals surface area contributed by atoms with Gasteiger partial charge in [-0.1, -0.05) is 43.9 Å². The highest BCUT2D eigenvalue weighted by atomic mass is 16.2. The van der Waals surface area contributed by atoms with E-state index in [4.69, 9.17) is 0 Å². The largest absolute Gasteiger partial charge is 0.318 e. The zero-order valence-electron chi connectivity index (χ0n) is 15.5. The molecule has 3 rings (SSSR count). The van der Waals surface area contributed by atoms with Crippen molar-refractivity contribution < 1.29 is 9.59 Å². The summed E-state index contributed by atoms with van der Waals surface area (Å²) in [5, 5.41) is 0. The number of nitrogens with one attached hydrogen (secondary N) is 2. The molecule has 1 saturated carbocycles. The molecule has 26 heavy (non-hydrogen) atoms. The first-order valence-corrected chi connectivity index (χ1v) is 9.40. The number of amides is 2. The molecular weight excluding hydrogens is 326 g/mol. The smallest absolute Gasteiger partial charge is 0.271 e. The molecule has 0 atom stereocenters. The van der Waals surface area contributed by atoms with Crippen LogP contribution in [-0.2, 0) is 4.79 Å². The minimum absolute atomic E-state index is 0.123. The second-order valence-electron chi connectivity index (χ2n) is 7.15. The molecule has 2 N–H and O–H groups in total. The van der Waals surface area contributed by atoms with Crippen LogP contribution in [0.25, 0.3) is 5.69 Å². The maximum absolute atomic E-state index is 12.5. The number of benzene rings is 1. The molecule has 0 unspecified atom stereocenters. The van der Waals surface area contributed by atoms with Crippen LogP contribution in [0.15, 0.2) is 36.4 Å². The quantitative estimate of drug-likeness (QED) is 0.803. The third kappa shape index (κ3) is 4.15. The van der Waals surface area contributed by atoms with Crippen molar-refractivity contribution in [3.05, 3.63) is 53.3 Å². The first kappa shape index (κ1) is 18.2. The van der Waals surface area contributed by atoms with Gasteiger partial charge in [-0.25, -0.2) is 0 Å². The molecule has 138 valence electrons. The zero-order chi connectivity index (χ0) is 18.5. The van der Waals surface area contributed by atoms with Gasteiger partial charge in [-0.2, -0.15) is 0 Å². The van der Waals surface area contributed by atoms with Crippen LogP contribution in [-0.4, -0.2) is 16.4 Å². The molecule has 1 fully saturated rings. The molecule has 5 nitrogen and oxygen atoms in total. The van der Waals surface area contributed by atoms with Gasteiger partial charge in [-0.05, 0) is 44.4 Å². The minimum Gasteiger partial charge on any atom is -0.318 e. The van der Waals surface area contributed by atoms with Gasteiger partial charge in [-0.15, -0.1) is 0 Å². The van der Waals surface area contributed by atoms with E-state index in [0.717, 1.165) is 23.5 Å². The predicted octanol–water partition coefficient (Wildman–Crippen LogP) is 3.83. The van der Waals surface area contributed by atoms with E-state index in [2.05, 4.69) is 10.9 Å². The Hall–Kier alpha value is -2.56. The third-order valence-corrected chi connectivity index (χ3v) is 5.26. The van der Waals surface area contributed by atoms with Gasteiger partial charge in [0, 0.05) is 23.5 Å². The molecule has 1 aromatic heterocycles. The van der Waals surface area contributed by atoms with E-state index in [0.29, 0.717) is 17.9 Å². The summed E-state index contributed by atoms with van der Waals surface area (Å²) in [6.07, 6.45) is 6.38. The molecule has 1 heterocycles. The fourth-order valence-electron chi connectivity index (χ4n) is 3.86. The van der Waals surface area contributed by atoms with E-state index in [1.54, 1.807) is 0 Å². The lowest BCUT2D eigenvalue weighted by Gasteiger charge is -2.11. The number of para-hydroxylation sites is 1. The molecule has 1 aromatic carbocycles. The molecule has 0 spiro atoms. The van der Waals surface area contributed by atoms with Crippen molar-refractivity contribution >= 4 is 11.8 Å². The highest BCUT2D eigenvalue weighted by Crippen LogP contribution is 2.28. The van der Waals surface area contributed by atoms with Crippen molar-refractivity contribution in [1.82, 2.24) is 15.4 Å². The van der Waals surface area contributed by atoms with Crippen LogP contribution in [0.4, 0.5) is 0 Å². The standard InChI is InChI=1S/C21H27N3O2/c1-15-14-19(16(2)24(15)18-10-4-3-5-11-18)21(26)23-22-20(25)13-12-17-8-6-7-9-17/h3-5,10-11,14,17H,6-9,12-13H2,1-2H3,(H,22,25)(H,23,26). The van der Waals surface area contributed by atoms with Crippen molar-refractivity contribution in [2.75, 3.05) is 0 Å². The van der Waals surface area contributed by atoms with E-state index in [1.165, 1.54) is 25.7 Å². The monoisotopic (exact) mass is 353 g/mol. The number of nitrogens with zero attached hydrogens (tertiary/aromatic N) is 1. The van der Waals surface area contributed by atoms with Crippen LogP contribution in [0.1, 0.15) is 60.3 Å². The number of carbonyl (C=O) groups excluding carboxylic acids is 2. The summed E-state index contributed by atoms with van der Waals surface area (Å²) < 4.78 is 2.04. The second-order valence-corrected chi connectivity index (χ2v) is 7.15. The van der Waals surface area contributed by atoms with Crippen LogP contribution < -0.4 is 10.9 Å². The van der Waals surface area contributed by atoms with Crippen LogP contribution in [0, 0.1) is 19.8 Å². The van der Waals surface area contributed by atoms with Crippen LogP contribution in [0.3, 0.4) is 0 Å². The summed E-state index contributed by atoms with van der Waals surface area (Å²) in [6, 6.07) is 11.8. The number of hydrogen-bond donors (Lipinski definition) is 2. The van der Waals surface area contributed by atoms with Gasteiger partial charge in [-0.3, -0.25) is 20.4 Å². The average molecular weight is 353 g/mol. The highest BCUT2D eigenvalue weighted by molar-refractivity contribution is 5.96. The Balaban J connectivity index is 1.59. The fraction of sp³-hybridized carbons (Fsp3) is 0.429. The fourth-order valence-corrected chi connectivity index (χ4v) is 3.86. The summed E-state index contributed by atoms with van der Waals surface area (Å²) in [6.45, 7) is 3.88. The molecule has 0 saturated heterocycles. The molecule has 5 heteroatoms. The molecule has 0 radical (unpaired) electrons. The summed E-state index contributed by atoms with van der Waals surface area (Å²) in [4.78, 5) is 24.5. The number of aromatic nitrogens is 1. The van der Waals surface area contributed by atoms with Gasteiger partial charge in [0.25, 0.3) is 5.91 Å². The lowest BCUT2D eigenvalue weighted by Crippen LogP contribution is -2.41. The number of aryl methyl sites for hydroxylation is 1. The summed E-state index contributed by atoms with van der Waals surface area (Å²) in [5.74, 6) is 0.262. The van der Waals surface area contributed by atoms with E-state index in [9.17, 15) is 9.59 Å². The third-order valence-electron chi connectivity index (χ3n) is 5.26. The van der Waals surface area contributed by atoms with Crippen molar-refractivity contribution in [3.8, 4) is 5.69 Å². The first-order chi connectivity index (χ1) is 12.6. The summed E-state index contributed by atoms with van der Waals surface area (Å²) >= 11 is 0. The van der Waals surface area contributed by atoms with E-state index in [-0.39, 0.29) is 11.8 Å². The van der Waals surface area contributed by atoms with Gasteiger partial charge >= 0.3 is 0 Å². The summed E-state index contributed by atoms with van der Waals surface area (Å²) in [7, 11) is 0. The Morgan fingerprint density at radius 1 is 1.08 bits per heavy atom. The van der Waals surface area contributed by atoms with Gasteiger partial charge in [0.15, 0.2) is 0 Å². The predicted molar refractivity (Wildman–Crippen MR) is 102 cm³/mol. The van der Waals surface area contributed by atoms with Gasteiger partial charge in [0.05, 0.1) is 5.56 Å². The molecule has 0 aliphatic heterocycles. The maximum atomic E-state index is 12.5. The van der Waals surface area contributed by atoms with Crippen molar-refractivity contribution in [1.29, 1.82) is 0 Å². The van der Waals surface area contributed by atoms with Gasteiger partial charge in [0.2, 0.25) is 5.91 Å². The minimum atomic E-state index is -0.283. The zero-order valence-corrected chi connectivity index (χ0v) is 15.5. The molecule has 1 aliphatic rings. The topological polar surface area (TPSA) is 63.1 Å². The van der Waals surface area contributed by atoms with E-state index >= 15 is 0 Å². The van der Waals surface area contributed by atoms with Crippen molar-refractivity contribution in [3.63, 3.8) is 0 Å². The van der Waals surface area contributed by atoms with E-state index < -0.39 is 0 Å². The Labute approximate surface area is 154 Å². The average Bonchev–Trinajstić information content (AvgIpc) is 3.26. The van der Waals surface area contributed by atoms with Crippen LogP contribution >= 0.6 is 0 Å². The normalized spacial score (nSPS) is 14.4. The molecule has 1 aliphatic carbocycles. The first-order valence-electron chi connectivity index (χ1n) is 9.40. The SMILES string of the molecule is Cc1cc(C(=O)NNC(=O)CCC2CCCC2)c(C)n1-c1ccccc1. The highest BCUT2D eigenvalue weighted by Gasteiger charge is 2.18. The van der Waals surface area contributed by atoms with Gasteiger partial charge in [0.1, 0.15) is 0 Å². The lowest BCUT2D eigenvalue weighted by molar-refractivity contribution is -0.122. The Bertz CT molecular complexity index is 774. The molecule has 2 aromatic rings. The van der Waals surface area contributed by atoms with E-state index in [1.807, 2.05) is 54.8 Å². The van der Waals surface area contributed by atoms with Crippen molar-refractivity contribution in [2.24, 2.45) is 5.92 Å². The second kappa shape index (κ2) is 8.21. The number of hydrogen-bond acceptors (Lipinski definition) is 2. The van der Waals surface area contributed by atoms with Crippen LogP contribution in [0.5, 0.6) is 0 Å². The molecule has 0 bridgehead atoms. The Kier molecular flexibility index (Phi) is 5.76. The molecule has 2 amide bonds. The number of rotatable bonds is 5. The number of hydrazine groups is 1. The Morgan fingerprint density at radius 2 is 1.77 bits per heavy atom. The lowest BCUT2D eigenvalue weighted by atomic mass is 10.0. The summed E-state index contributed by atoms with van der Waals surface area (Å²) in [5.41, 5.74) is 8.53. The number of carbonyl (C=O) groups is 2.